The number of piperidine rings is 1. The zero-order valence-corrected chi connectivity index (χ0v) is 16.8. The quantitative estimate of drug-likeness (QED) is 0.661. The fourth-order valence-electron chi connectivity index (χ4n) is 3.59. The van der Waals surface area contributed by atoms with E-state index in [1.807, 2.05) is 34.9 Å². The molecule has 6 nitrogen and oxygen atoms in total. The smallest absolute Gasteiger partial charge is 0.160 e. The summed E-state index contributed by atoms with van der Waals surface area (Å²) in [6.07, 6.45) is 8.91. The van der Waals surface area contributed by atoms with Gasteiger partial charge in [-0.05, 0) is 50.0 Å². The average Bonchev–Trinajstić information content (AvgIpc) is 3.17. The first-order valence-electron chi connectivity index (χ1n) is 9.99. The predicted molar refractivity (Wildman–Crippen MR) is 121 cm³/mol. The Kier molecular flexibility index (Phi) is 5.42. The van der Waals surface area contributed by atoms with Crippen LogP contribution in [0.25, 0.3) is 17.4 Å². The van der Waals surface area contributed by atoms with Gasteiger partial charge in [0.1, 0.15) is 5.82 Å². The largest absolute Gasteiger partial charge is 0.398 e. The van der Waals surface area contributed by atoms with Crippen molar-refractivity contribution in [2.45, 2.75) is 26.2 Å². The Hall–Kier alpha value is -3.41. The van der Waals surface area contributed by atoms with Crippen molar-refractivity contribution < 1.29 is 0 Å². The zero-order valence-electron chi connectivity index (χ0n) is 16.8. The molecule has 0 unspecified atom stereocenters. The number of rotatable bonds is 5. The van der Waals surface area contributed by atoms with Crippen molar-refractivity contribution >= 4 is 35.3 Å². The molecule has 1 fully saturated rings. The second-order valence-electron chi connectivity index (χ2n) is 7.33. The Bertz CT molecular complexity index is 1090. The average molecular weight is 387 g/mol. The lowest BCUT2D eigenvalue weighted by atomic mass is 10.1. The lowest BCUT2D eigenvalue weighted by molar-refractivity contribution is 0.568. The van der Waals surface area contributed by atoms with E-state index < -0.39 is 0 Å². The normalized spacial score (nSPS) is 15.3. The Morgan fingerprint density at radius 1 is 1.17 bits per heavy atom. The van der Waals surface area contributed by atoms with Crippen LogP contribution in [0.15, 0.2) is 54.0 Å². The number of fused-ring (bicyclic) bond motifs is 1. The van der Waals surface area contributed by atoms with Crippen molar-refractivity contribution in [2.24, 2.45) is 10.7 Å². The molecule has 1 saturated heterocycles. The predicted octanol–water partition coefficient (Wildman–Crippen LogP) is 4.37. The van der Waals surface area contributed by atoms with Gasteiger partial charge in [0.25, 0.3) is 0 Å². The fourth-order valence-corrected chi connectivity index (χ4v) is 3.59. The van der Waals surface area contributed by atoms with Crippen molar-refractivity contribution in [3.8, 4) is 0 Å². The summed E-state index contributed by atoms with van der Waals surface area (Å²) in [4.78, 5) is 11.5. The monoisotopic (exact) mass is 386 g/mol. The van der Waals surface area contributed by atoms with Crippen molar-refractivity contribution in [3.05, 3.63) is 65.9 Å². The fraction of sp³-hybridized carbons (Fsp3) is 0.261. The number of hydrogen-bond donors (Lipinski definition) is 1. The van der Waals surface area contributed by atoms with Gasteiger partial charge < -0.3 is 10.6 Å². The molecule has 3 aromatic rings. The molecule has 0 amide bonds. The maximum Gasteiger partial charge on any atom is 0.160 e. The highest BCUT2D eigenvalue weighted by Crippen LogP contribution is 2.25. The summed E-state index contributed by atoms with van der Waals surface area (Å²) in [7, 11) is 0. The summed E-state index contributed by atoms with van der Waals surface area (Å²) in [5, 5.41) is 4.61. The molecule has 0 spiro atoms. The lowest BCUT2D eigenvalue weighted by Gasteiger charge is -2.28. The molecule has 6 heteroatoms. The highest BCUT2D eigenvalue weighted by molar-refractivity contribution is 5.85. The molecule has 1 aliphatic rings. The maximum atomic E-state index is 6.20. The van der Waals surface area contributed by atoms with Crippen LogP contribution in [0.2, 0.25) is 0 Å². The van der Waals surface area contributed by atoms with E-state index in [2.05, 4.69) is 45.6 Å². The van der Waals surface area contributed by atoms with E-state index in [4.69, 9.17) is 5.73 Å². The highest BCUT2D eigenvalue weighted by Gasteiger charge is 2.17. The summed E-state index contributed by atoms with van der Waals surface area (Å²) < 4.78 is 1.89. The summed E-state index contributed by atoms with van der Waals surface area (Å²) in [6.45, 7) is 7.92. The van der Waals surface area contributed by atoms with E-state index in [9.17, 15) is 0 Å². The first kappa shape index (κ1) is 18.9. The Balaban J connectivity index is 1.67. The Labute approximate surface area is 171 Å². The van der Waals surface area contributed by atoms with Crippen molar-refractivity contribution in [3.63, 3.8) is 0 Å². The van der Waals surface area contributed by atoms with Gasteiger partial charge in [-0.2, -0.15) is 9.61 Å². The zero-order chi connectivity index (χ0) is 20.2. The van der Waals surface area contributed by atoms with Crippen LogP contribution in [0.3, 0.4) is 0 Å². The van der Waals surface area contributed by atoms with Gasteiger partial charge in [0.15, 0.2) is 11.5 Å². The second-order valence-corrected chi connectivity index (χ2v) is 7.33. The minimum atomic E-state index is 0.641. The molecular formula is C23H26N6. The lowest BCUT2D eigenvalue weighted by Crippen LogP contribution is -2.31. The van der Waals surface area contributed by atoms with Gasteiger partial charge in [-0.1, -0.05) is 30.3 Å². The molecule has 0 aliphatic carbocycles. The maximum absolute atomic E-state index is 6.20. The van der Waals surface area contributed by atoms with Gasteiger partial charge in [0.05, 0.1) is 5.69 Å². The Morgan fingerprint density at radius 2 is 2.00 bits per heavy atom. The molecule has 1 aliphatic heterocycles. The van der Waals surface area contributed by atoms with Crippen molar-refractivity contribution in [1.82, 2.24) is 14.6 Å². The minimum Gasteiger partial charge on any atom is -0.398 e. The van der Waals surface area contributed by atoms with Gasteiger partial charge in [0.2, 0.25) is 0 Å². The molecule has 3 heterocycles. The first-order valence-corrected chi connectivity index (χ1v) is 9.99. The number of benzene rings is 1. The number of aromatic nitrogens is 3. The van der Waals surface area contributed by atoms with Gasteiger partial charge in [0, 0.05) is 37.1 Å². The van der Waals surface area contributed by atoms with E-state index in [1.54, 1.807) is 12.3 Å². The van der Waals surface area contributed by atoms with E-state index in [0.717, 1.165) is 35.8 Å². The molecule has 2 aromatic heterocycles. The molecule has 1 aromatic carbocycles. The third-order valence-electron chi connectivity index (χ3n) is 5.12. The first-order chi connectivity index (χ1) is 14.1. The molecule has 0 radical (unpaired) electrons. The molecular weight excluding hydrogens is 360 g/mol. The van der Waals surface area contributed by atoms with Gasteiger partial charge in [-0.3, -0.25) is 0 Å². The number of nitrogens with zero attached hydrogens (tertiary/aromatic N) is 5. The van der Waals surface area contributed by atoms with Crippen LogP contribution >= 0.6 is 0 Å². The number of anilines is 1. The summed E-state index contributed by atoms with van der Waals surface area (Å²) in [6, 6.07) is 12.0. The summed E-state index contributed by atoms with van der Waals surface area (Å²) in [5.41, 5.74) is 10.6. The number of aliphatic imine (C=N–C) groups is 1. The molecule has 29 heavy (non-hydrogen) atoms. The molecule has 2 N–H and O–H groups in total. The third-order valence-corrected chi connectivity index (χ3v) is 5.12. The SMILES string of the molecule is C=Cc1cc2nc(N=CC=C(N)c3cccc(C)c3)cc(N3CCCCC3)n2n1. The second kappa shape index (κ2) is 8.31. The molecule has 0 saturated carbocycles. The van der Waals surface area contributed by atoms with Crippen LogP contribution in [0.4, 0.5) is 11.6 Å². The van der Waals surface area contributed by atoms with Gasteiger partial charge in [-0.25, -0.2) is 9.98 Å². The molecule has 148 valence electrons. The number of nitrogens with two attached hydrogens (primary N) is 1. The Morgan fingerprint density at radius 3 is 2.76 bits per heavy atom. The number of aryl methyl sites for hydroxylation is 1. The molecule has 4 rings (SSSR count). The van der Waals surface area contributed by atoms with Gasteiger partial charge >= 0.3 is 0 Å². The summed E-state index contributed by atoms with van der Waals surface area (Å²) >= 11 is 0. The van der Waals surface area contributed by atoms with E-state index in [1.165, 1.54) is 24.8 Å². The topological polar surface area (TPSA) is 71.8 Å². The van der Waals surface area contributed by atoms with Crippen molar-refractivity contribution in [1.29, 1.82) is 0 Å². The summed E-state index contributed by atoms with van der Waals surface area (Å²) in [5.74, 6) is 1.66. The van der Waals surface area contributed by atoms with E-state index in [-0.39, 0.29) is 0 Å². The van der Waals surface area contributed by atoms with Crippen LogP contribution in [0, 0.1) is 6.92 Å². The highest BCUT2D eigenvalue weighted by atomic mass is 15.4. The minimum absolute atomic E-state index is 0.641. The van der Waals surface area contributed by atoms with E-state index in [0.29, 0.717) is 11.5 Å². The molecule has 0 atom stereocenters. The van der Waals surface area contributed by atoms with Crippen LogP contribution in [-0.2, 0) is 0 Å². The third kappa shape index (κ3) is 4.21. The van der Waals surface area contributed by atoms with Crippen LogP contribution < -0.4 is 10.6 Å². The van der Waals surface area contributed by atoms with Crippen LogP contribution in [0.1, 0.15) is 36.1 Å². The molecule has 0 bridgehead atoms. The standard InChI is InChI=1S/C23H26N6/c1-3-19-15-22-26-21(16-23(29(22)27-19)28-12-5-4-6-13-28)25-11-10-20(24)18-9-7-8-17(2)14-18/h3,7-11,14-16H,1,4-6,12-13,24H2,2H3. The van der Waals surface area contributed by atoms with Crippen LogP contribution in [0.5, 0.6) is 0 Å². The van der Waals surface area contributed by atoms with Crippen molar-refractivity contribution in [2.75, 3.05) is 18.0 Å². The number of allylic oxidation sites excluding steroid dienone is 1. The van der Waals surface area contributed by atoms with Gasteiger partial charge in [-0.15, -0.1) is 0 Å². The van der Waals surface area contributed by atoms with Crippen LogP contribution in [-0.4, -0.2) is 33.9 Å². The number of hydrogen-bond acceptors (Lipinski definition) is 5. The van der Waals surface area contributed by atoms with E-state index >= 15 is 0 Å².